The van der Waals surface area contributed by atoms with E-state index < -0.39 is 0 Å². The second kappa shape index (κ2) is 4.75. The molecule has 3 heteroatoms. The Labute approximate surface area is 148 Å². The molecule has 1 saturated heterocycles. The molecule has 0 aromatic heterocycles. The van der Waals surface area contributed by atoms with E-state index in [9.17, 15) is 0 Å². The maximum absolute atomic E-state index is 6.36. The number of hydrogen-bond donors (Lipinski definition) is 0. The second-order valence-corrected chi connectivity index (χ2v) is 8.10. The lowest BCUT2D eigenvalue weighted by Crippen LogP contribution is -2.41. The molecule has 1 heterocycles. The summed E-state index contributed by atoms with van der Waals surface area (Å²) in [6, 6.07) is 19.6. The molecule has 0 radical (unpaired) electrons. The van der Waals surface area contributed by atoms with Gasteiger partial charge in [0.15, 0.2) is 0 Å². The minimum atomic E-state index is -0.348. The molecule has 0 aliphatic carbocycles. The van der Waals surface area contributed by atoms with E-state index in [1.54, 1.807) is 0 Å². The molecule has 4 aromatic rings. The summed E-state index contributed by atoms with van der Waals surface area (Å²) < 4.78 is 12.7. The van der Waals surface area contributed by atoms with Crippen LogP contribution in [0.25, 0.3) is 32.3 Å². The fourth-order valence-corrected chi connectivity index (χ4v) is 3.96. The van der Waals surface area contributed by atoms with Gasteiger partial charge in [-0.05, 0) is 65.5 Å². The highest BCUT2D eigenvalue weighted by molar-refractivity contribution is 6.66. The Bertz CT molecular complexity index is 1100. The van der Waals surface area contributed by atoms with Gasteiger partial charge in [-0.3, -0.25) is 0 Å². The summed E-state index contributed by atoms with van der Waals surface area (Å²) >= 11 is 0. The van der Waals surface area contributed by atoms with Crippen LogP contribution in [0.15, 0.2) is 54.6 Å². The van der Waals surface area contributed by atoms with Crippen molar-refractivity contribution in [2.45, 2.75) is 38.9 Å². The van der Waals surface area contributed by atoms with Crippen molar-refractivity contribution < 1.29 is 9.31 Å². The van der Waals surface area contributed by atoms with Crippen LogP contribution in [-0.4, -0.2) is 18.3 Å². The van der Waals surface area contributed by atoms with Crippen molar-refractivity contribution in [1.29, 1.82) is 0 Å². The summed E-state index contributed by atoms with van der Waals surface area (Å²) in [5.74, 6) is 0. The Morgan fingerprint density at radius 2 is 1.24 bits per heavy atom. The molecule has 0 spiro atoms. The third-order valence-corrected chi connectivity index (χ3v) is 6.05. The SMILES string of the molecule is CC1(C)OB(c2cc3cccc4ccc5cccc2c5c43)OC1(C)C. The lowest BCUT2D eigenvalue weighted by Gasteiger charge is -2.32. The Kier molecular flexibility index (Phi) is 2.88. The van der Waals surface area contributed by atoms with Crippen molar-refractivity contribution in [3.63, 3.8) is 0 Å². The first kappa shape index (κ1) is 15.2. The van der Waals surface area contributed by atoms with Crippen molar-refractivity contribution in [3.8, 4) is 0 Å². The number of rotatable bonds is 1. The highest BCUT2D eigenvalue weighted by Crippen LogP contribution is 2.39. The summed E-state index contributed by atoms with van der Waals surface area (Å²) in [4.78, 5) is 0. The molecule has 2 nitrogen and oxygen atoms in total. The van der Waals surface area contributed by atoms with E-state index in [1.165, 1.54) is 32.3 Å². The van der Waals surface area contributed by atoms with Crippen LogP contribution in [0.4, 0.5) is 0 Å². The first-order valence-electron chi connectivity index (χ1n) is 8.89. The van der Waals surface area contributed by atoms with Gasteiger partial charge in [0.05, 0.1) is 11.2 Å². The van der Waals surface area contributed by atoms with Gasteiger partial charge in [0.25, 0.3) is 0 Å². The molecule has 0 saturated carbocycles. The molecule has 1 aliphatic rings. The second-order valence-electron chi connectivity index (χ2n) is 8.10. The van der Waals surface area contributed by atoms with Gasteiger partial charge in [-0.25, -0.2) is 0 Å². The molecule has 0 unspecified atom stereocenters. The predicted molar refractivity (Wildman–Crippen MR) is 106 cm³/mol. The largest absolute Gasteiger partial charge is 0.495 e. The lowest BCUT2D eigenvalue weighted by atomic mass is 9.74. The Morgan fingerprint density at radius 1 is 0.680 bits per heavy atom. The highest BCUT2D eigenvalue weighted by Gasteiger charge is 2.52. The average Bonchev–Trinajstić information content (AvgIpc) is 2.80. The van der Waals surface area contributed by atoms with E-state index in [0.29, 0.717) is 0 Å². The highest BCUT2D eigenvalue weighted by atomic mass is 16.7. The minimum Gasteiger partial charge on any atom is -0.399 e. The summed E-state index contributed by atoms with van der Waals surface area (Å²) in [5, 5.41) is 7.65. The van der Waals surface area contributed by atoms with Crippen LogP contribution in [0.1, 0.15) is 27.7 Å². The van der Waals surface area contributed by atoms with Gasteiger partial charge >= 0.3 is 7.12 Å². The van der Waals surface area contributed by atoms with E-state index in [-0.39, 0.29) is 18.3 Å². The van der Waals surface area contributed by atoms with Crippen LogP contribution in [0, 0.1) is 0 Å². The van der Waals surface area contributed by atoms with E-state index in [1.807, 2.05) is 0 Å². The summed E-state index contributed by atoms with van der Waals surface area (Å²) in [6.07, 6.45) is 0. The Balaban J connectivity index is 1.85. The van der Waals surface area contributed by atoms with Crippen molar-refractivity contribution in [3.05, 3.63) is 54.6 Å². The fourth-order valence-electron chi connectivity index (χ4n) is 3.96. The standard InChI is InChI=1S/C22H21BO2/c1-21(2)22(3,4)25-23(24-21)18-13-16-9-5-7-14-11-12-15-8-6-10-17(18)20(15)19(14)16/h5-13H,1-4H3. The van der Waals surface area contributed by atoms with Crippen LogP contribution in [0.3, 0.4) is 0 Å². The minimum absolute atomic E-state index is 0.338. The molecule has 0 bridgehead atoms. The molecule has 1 aliphatic heterocycles. The monoisotopic (exact) mass is 328 g/mol. The normalized spacial score (nSPS) is 19.4. The van der Waals surface area contributed by atoms with Crippen molar-refractivity contribution in [2.24, 2.45) is 0 Å². The molecule has 124 valence electrons. The zero-order chi connectivity index (χ0) is 17.4. The number of benzene rings is 4. The first-order valence-corrected chi connectivity index (χ1v) is 8.89. The summed E-state index contributed by atoms with van der Waals surface area (Å²) in [7, 11) is -0.348. The van der Waals surface area contributed by atoms with E-state index in [2.05, 4.69) is 82.3 Å². The smallest absolute Gasteiger partial charge is 0.399 e. The van der Waals surface area contributed by atoms with Crippen molar-refractivity contribution >= 4 is 44.9 Å². The third-order valence-electron chi connectivity index (χ3n) is 6.05. The Hall–Kier alpha value is -2.10. The van der Waals surface area contributed by atoms with Crippen LogP contribution in [0.2, 0.25) is 0 Å². The zero-order valence-electron chi connectivity index (χ0n) is 15.1. The summed E-state index contributed by atoms with van der Waals surface area (Å²) in [6.45, 7) is 8.41. The molecule has 1 fully saturated rings. The molecular weight excluding hydrogens is 307 g/mol. The van der Waals surface area contributed by atoms with Gasteiger partial charge in [0.1, 0.15) is 0 Å². The fraction of sp³-hybridized carbons (Fsp3) is 0.273. The predicted octanol–water partition coefficient (Wildman–Crippen LogP) is 4.88. The van der Waals surface area contributed by atoms with Gasteiger partial charge in [0, 0.05) is 0 Å². The van der Waals surface area contributed by atoms with E-state index >= 15 is 0 Å². The van der Waals surface area contributed by atoms with Gasteiger partial charge in [-0.1, -0.05) is 54.6 Å². The van der Waals surface area contributed by atoms with E-state index in [0.717, 1.165) is 5.46 Å². The average molecular weight is 328 g/mol. The quantitative estimate of drug-likeness (QED) is 0.366. The van der Waals surface area contributed by atoms with Gasteiger partial charge in [-0.15, -0.1) is 0 Å². The lowest BCUT2D eigenvalue weighted by molar-refractivity contribution is 0.00578. The van der Waals surface area contributed by atoms with Gasteiger partial charge in [-0.2, -0.15) is 0 Å². The Morgan fingerprint density at radius 3 is 1.92 bits per heavy atom. The molecule has 0 atom stereocenters. The topological polar surface area (TPSA) is 18.5 Å². The van der Waals surface area contributed by atoms with E-state index in [4.69, 9.17) is 9.31 Å². The van der Waals surface area contributed by atoms with Crippen LogP contribution < -0.4 is 5.46 Å². The maximum Gasteiger partial charge on any atom is 0.495 e. The van der Waals surface area contributed by atoms with Crippen LogP contribution in [-0.2, 0) is 9.31 Å². The van der Waals surface area contributed by atoms with Gasteiger partial charge in [0.2, 0.25) is 0 Å². The van der Waals surface area contributed by atoms with Crippen LogP contribution >= 0.6 is 0 Å². The number of hydrogen-bond acceptors (Lipinski definition) is 2. The third kappa shape index (κ3) is 2.00. The maximum atomic E-state index is 6.36. The summed E-state index contributed by atoms with van der Waals surface area (Å²) in [5.41, 5.74) is 0.445. The van der Waals surface area contributed by atoms with Crippen LogP contribution in [0.5, 0.6) is 0 Å². The molecule has 0 N–H and O–H groups in total. The van der Waals surface area contributed by atoms with Crippen molar-refractivity contribution in [2.75, 3.05) is 0 Å². The molecule has 25 heavy (non-hydrogen) atoms. The molecule has 4 aromatic carbocycles. The molecular formula is C22H21BO2. The zero-order valence-corrected chi connectivity index (χ0v) is 15.1. The van der Waals surface area contributed by atoms with Crippen molar-refractivity contribution in [1.82, 2.24) is 0 Å². The first-order chi connectivity index (χ1) is 11.9. The molecule has 0 amide bonds. The molecule has 5 rings (SSSR count). The van der Waals surface area contributed by atoms with Gasteiger partial charge < -0.3 is 9.31 Å².